The summed E-state index contributed by atoms with van der Waals surface area (Å²) in [5.41, 5.74) is 1.14. The molecule has 0 radical (unpaired) electrons. The Morgan fingerprint density at radius 2 is 2.22 bits per heavy atom. The van der Waals surface area contributed by atoms with Crippen LogP contribution in [0.1, 0.15) is 16.1 Å². The quantitative estimate of drug-likeness (QED) is 0.862. The first kappa shape index (κ1) is 13.0. The molecule has 0 aromatic carbocycles. The van der Waals surface area contributed by atoms with E-state index in [0.29, 0.717) is 15.9 Å². The lowest BCUT2D eigenvalue weighted by Gasteiger charge is -2.06. The molecule has 7 heteroatoms. The Morgan fingerprint density at radius 3 is 2.83 bits per heavy atom. The van der Waals surface area contributed by atoms with E-state index in [4.69, 9.17) is 11.6 Å². The topological polar surface area (TPSA) is 59.8 Å². The zero-order valence-electron chi connectivity index (χ0n) is 9.74. The number of carbonyl (C=O) groups is 1. The molecular formula is C11H10BrClN4O. The number of pyridine rings is 1. The minimum Gasteiger partial charge on any atom is -0.307 e. The van der Waals surface area contributed by atoms with Crippen molar-refractivity contribution in [3.05, 3.63) is 39.2 Å². The van der Waals surface area contributed by atoms with Crippen LogP contribution in [0.3, 0.4) is 0 Å². The molecule has 94 valence electrons. The Hall–Kier alpha value is -1.40. The fraction of sp³-hybridized carbons (Fsp3) is 0.182. The molecule has 2 heterocycles. The molecule has 0 fully saturated rings. The molecule has 0 atom stereocenters. The summed E-state index contributed by atoms with van der Waals surface area (Å²) >= 11 is 9.14. The maximum absolute atomic E-state index is 12.1. The van der Waals surface area contributed by atoms with Crippen LogP contribution in [0.2, 0.25) is 5.15 Å². The number of carbonyl (C=O) groups excluding carboxylic acids is 1. The first-order valence-electron chi connectivity index (χ1n) is 5.10. The Kier molecular flexibility index (Phi) is 3.68. The van der Waals surface area contributed by atoms with Crippen molar-refractivity contribution in [2.24, 2.45) is 7.05 Å². The van der Waals surface area contributed by atoms with Gasteiger partial charge in [0.15, 0.2) is 0 Å². The monoisotopic (exact) mass is 328 g/mol. The van der Waals surface area contributed by atoms with Gasteiger partial charge in [-0.2, -0.15) is 5.10 Å². The van der Waals surface area contributed by atoms with Gasteiger partial charge in [-0.05, 0) is 28.9 Å². The number of hydrogen-bond acceptors (Lipinski definition) is 3. The highest BCUT2D eigenvalue weighted by molar-refractivity contribution is 9.10. The van der Waals surface area contributed by atoms with Crippen LogP contribution in [0.15, 0.2) is 22.8 Å². The molecule has 0 unspecified atom stereocenters. The van der Waals surface area contributed by atoms with Crippen molar-refractivity contribution in [1.29, 1.82) is 0 Å². The zero-order valence-corrected chi connectivity index (χ0v) is 12.1. The summed E-state index contributed by atoms with van der Waals surface area (Å²) in [6, 6.07) is 3.39. The van der Waals surface area contributed by atoms with E-state index < -0.39 is 0 Å². The third-order valence-electron chi connectivity index (χ3n) is 2.29. The van der Waals surface area contributed by atoms with Gasteiger partial charge in [0.05, 0.1) is 11.3 Å². The molecule has 0 aliphatic heterocycles. The van der Waals surface area contributed by atoms with Crippen molar-refractivity contribution in [2.45, 2.75) is 6.92 Å². The number of nitrogens with zero attached hydrogens (tertiary/aromatic N) is 3. The lowest BCUT2D eigenvalue weighted by Crippen LogP contribution is -2.15. The standard InChI is InChI=1S/C11H10BrClN4O/c1-6-3-9(17(2)16-6)15-11(18)8-4-7(12)5-14-10(8)13/h3-5H,1-2H3,(H,15,18). The Labute approximate surface area is 117 Å². The van der Waals surface area contributed by atoms with E-state index >= 15 is 0 Å². The summed E-state index contributed by atoms with van der Waals surface area (Å²) in [5, 5.41) is 7.04. The van der Waals surface area contributed by atoms with E-state index in [1.807, 2.05) is 6.92 Å². The van der Waals surface area contributed by atoms with Gasteiger partial charge < -0.3 is 5.32 Å². The van der Waals surface area contributed by atoms with Gasteiger partial charge >= 0.3 is 0 Å². The van der Waals surface area contributed by atoms with E-state index in [2.05, 4.69) is 31.3 Å². The van der Waals surface area contributed by atoms with Crippen LogP contribution in [0.5, 0.6) is 0 Å². The Balaban J connectivity index is 2.27. The van der Waals surface area contributed by atoms with Gasteiger partial charge in [-0.15, -0.1) is 0 Å². The van der Waals surface area contributed by atoms with E-state index in [9.17, 15) is 4.79 Å². The molecular weight excluding hydrogens is 320 g/mol. The maximum atomic E-state index is 12.1. The third kappa shape index (κ3) is 2.70. The molecule has 0 aliphatic rings. The number of hydrogen-bond donors (Lipinski definition) is 1. The molecule has 0 aliphatic carbocycles. The van der Waals surface area contributed by atoms with Gasteiger partial charge in [0.2, 0.25) is 0 Å². The van der Waals surface area contributed by atoms with Crippen molar-refractivity contribution in [2.75, 3.05) is 5.32 Å². The number of halogens is 2. The van der Waals surface area contributed by atoms with Crippen molar-refractivity contribution in [3.8, 4) is 0 Å². The Morgan fingerprint density at radius 1 is 1.50 bits per heavy atom. The average molecular weight is 330 g/mol. The SMILES string of the molecule is Cc1cc(NC(=O)c2cc(Br)cnc2Cl)n(C)n1. The zero-order chi connectivity index (χ0) is 13.3. The van der Waals surface area contributed by atoms with Crippen LogP contribution in [0.4, 0.5) is 5.82 Å². The highest BCUT2D eigenvalue weighted by atomic mass is 79.9. The van der Waals surface area contributed by atoms with Crippen molar-refractivity contribution in [1.82, 2.24) is 14.8 Å². The molecule has 1 amide bonds. The fourth-order valence-electron chi connectivity index (χ4n) is 1.49. The fourth-order valence-corrected chi connectivity index (χ4v) is 2.01. The second-order valence-electron chi connectivity index (χ2n) is 3.74. The highest BCUT2D eigenvalue weighted by Gasteiger charge is 2.14. The molecule has 2 aromatic heterocycles. The first-order valence-corrected chi connectivity index (χ1v) is 6.27. The predicted molar refractivity (Wildman–Crippen MR) is 72.8 cm³/mol. The molecule has 0 spiro atoms. The number of amides is 1. The van der Waals surface area contributed by atoms with Gasteiger partial charge in [0.25, 0.3) is 5.91 Å². The first-order chi connectivity index (χ1) is 8.47. The molecule has 2 rings (SSSR count). The molecule has 0 bridgehead atoms. The van der Waals surface area contributed by atoms with Gasteiger partial charge in [-0.1, -0.05) is 11.6 Å². The smallest absolute Gasteiger partial charge is 0.259 e. The molecule has 1 N–H and O–H groups in total. The van der Waals surface area contributed by atoms with E-state index in [1.54, 1.807) is 23.9 Å². The van der Waals surface area contributed by atoms with Crippen LogP contribution in [-0.4, -0.2) is 20.7 Å². The summed E-state index contributed by atoms with van der Waals surface area (Å²) in [6.07, 6.45) is 1.54. The summed E-state index contributed by atoms with van der Waals surface area (Å²) in [7, 11) is 1.75. The minimum atomic E-state index is -0.322. The number of aromatic nitrogens is 3. The van der Waals surface area contributed by atoms with Crippen molar-refractivity contribution < 1.29 is 4.79 Å². The minimum absolute atomic E-state index is 0.162. The van der Waals surface area contributed by atoms with E-state index in [0.717, 1.165) is 5.69 Å². The van der Waals surface area contributed by atoms with E-state index in [1.165, 1.54) is 6.20 Å². The molecule has 0 saturated heterocycles. The largest absolute Gasteiger partial charge is 0.307 e. The van der Waals surface area contributed by atoms with Crippen LogP contribution in [0.25, 0.3) is 0 Å². The summed E-state index contributed by atoms with van der Waals surface area (Å²) in [6.45, 7) is 1.85. The third-order valence-corrected chi connectivity index (χ3v) is 3.03. The number of rotatable bonds is 2. The van der Waals surface area contributed by atoms with E-state index in [-0.39, 0.29) is 11.1 Å². The predicted octanol–water partition coefficient (Wildman–Crippen LogP) is 2.79. The van der Waals surface area contributed by atoms with Gasteiger partial charge in [0, 0.05) is 23.8 Å². The lowest BCUT2D eigenvalue weighted by molar-refractivity contribution is 0.102. The summed E-state index contributed by atoms with van der Waals surface area (Å²) in [5.74, 6) is 0.283. The van der Waals surface area contributed by atoms with Crippen molar-refractivity contribution >= 4 is 39.3 Å². The van der Waals surface area contributed by atoms with Crippen LogP contribution in [0, 0.1) is 6.92 Å². The van der Waals surface area contributed by atoms with Gasteiger partial charge in [0.1, 0.15) is 11.0 Å². The summed E-state index contributed by atoms with van der Waals surface area (Å²) < 4.78 is 2.28. The molecule has 18 heavy (non-hydrogen) atoms. The van der Waals surface area contributed by atoms with Crippen molar-refractivity contribution in [3.63, 3.8) is 0 Å². The average Bonchev–Trinajstić information content (AvgIpc) is 2.61. The number of anilines is 1. The number of nitrogens with one attached hydrogen (secondary N) is 1. The Bertz CT molecular complexity index is 611. The maximum Gasteiger partial charge on any atom is 0.259 e. The summed E-state index contributed by atoms with van der Waals surface area (Å²) in [4.78, 5) is 16.0. The highest BCUT2D eigenvalue weighted by Crippen LogP contribution is 2.19. The van der Waals surface area contributed by atoms with Gasteiger partial charge in [-0.25, -0.2) is 4.98 Å². The van der Waals surface area contributed by atoms with Gasteiger partial charge in [-0.3, -0.25) is 9.48 Å². The lowest BCUT2D eigenvalue weighted by atomic mass is 10.2. The van der Waals surface area contributed by atoms with Crippen LogP contribution >= 0.6 is 27.5 Å². The molecule has 5 nitrogen and oxygen atoms in total. The molecule has 0 saturated carbocycles. The van der Waals surface area contributed by atoms with Crippen LogP contribution < -0.4 is 5.32 Å². The van der Waals surface area contributed by atoms with Crippen LogP contribution in [-0.2, 0) is 7.05 Å². The second kappa shape index (κ2) is 5.07. The number of aryl methyl sites for hydroxylation is 2. The normalized spacial score (nSPS) is 10.4. The second-order valence-corrected chi connectivity index (χ2v) is 5.01. The molecule has 2 aromatic rings.